The van der Waals surface area contributed by atoms with Gasteiger partial charge in [-0.1, -0.05) is 42.0 Å². The molecule has 0 bridgehead atoms. The van der Waals surface area contributed by atoms with E-state index in [1.54, 1.807) is 4.68 Å². The third kappa shape index (κ3) is 3.25. The Morgan fingerprint density at radius 3 is 2.88 bits per heavy atom. The number of fused-ring (bicyclic) bond motifs is 1. The van der Waals surface area contributed by atoms with Gasteiger partial charge in [-0.05, 0) is 18.6 Å². The molecule has 0 radical (unpaired) electrons. The van der Waals surface area contributed by atoms with Gasteiger partial charge in [0.15, 0.2) is 16.6 Å². The number of aryl methyl sites for hydroxylation is 1. The molecule has 0 aliphatic heterocycles. The average Bonchev–Trinajstić information content (AvgIpc) is 3.28. The second-order valence-corrected chi connectivity index (χ2v) is 6.61. The van der Waals surface area contributed by atoms with E-state index in [1.165, 1.54) is 18.0 Å². The summed E-state index contributed by atoms with van der Waals surface area (Å²) in [4.78, 5) is 24.0. The van der Waals surface area contributed by atoms with E-state index in [2.05, 4.69) is 32.1 Å². The van der Waals surface area contributed by atoms with Crippen molar-refractivity contribution in [3.63, 3.8) is 0 Å². The van der Waals surface area contributed by atoms with Crippen molar-refractivity contribution in [2.24, 2.45) is 0 Å². The zero-order valence-corrected chi connectivity index (χ0v) is 14.9. The first kappa shape index (κ1) is 16.5. The minimum atomic E-state index is -0.225. The molecule has 0 aliphatic carbocycles. The van der Waals surface area contributed by atoms with E-state index in [0.29, 0.717) is 33.7 Å². The average molecular weight is 368 g/mol. The smallest absolute Gasteiger partial charge is 0.262 e. The lowest BCUT2D eigenvalue weighted by atomic mass is 10.3. The summed E-state index contributed by atoms with van der Waals surface area (Å²) in [5.41, 5.74) is 1.13. The molecule has 1 N–H and O–H groups in total. The SMILES string of the molecule is CCCc1noc(CSc2nc3c(cnn3-c3ccccc3)c(=O)[nH]2)n1. The van der Waals surface area contributed by atoms with Crippen LogP contribution in [0.25, 0.3) is 16.7 Å². The first-order valence-corrected chi connectivity index (χ1v) is 9.21. The van der Waals surface area contributed by atoms with E-state index in [0.717, 1.165) is 18.5 Å². The molecule has 1 aromatic carbocycles. The number of nitrogens with zero attached hydrogens (tertiary/aromatic N) is 5. The first-order chi connectivity index (χ1) is 12.7. The molecule has 4 rings (SSSR count). The molecule has 3 aromatic heterocycles. The van der Waals surface area contributed by atoms with Gasteiger partial charge in [-0.2, -0.15) is 10.1 Å². The molecule has 0 saturated heterocycles. The topological polar surface area (TPSA) is 102 Å². The van der Waals surface area contributed by atoms with Gasteiger partial charge in [-0.15, -0.1) is 0 Å². The van der Waals surface area contributed by atoms with Crippen LogP contribution in [0.2, 0.25) is 0 Å². The molecule has 26 heavy (non-hydrogen) atoms. The van der Waals surface area contributed by atoms with Crippen LogP contribution in [0.5, 0.6) is 0 Å². The maximum absolute atomic E-state index is 12.3. The Bertz CT molecular complexity index is 1090. The molecule has 3 heterocycles. The van der Waals surface area contributed by atoms with Crippen LogP contribution in [0.4, 0.5) is 0 Å². The molecule has 0 fully saturated rings. The van der Waals surface area contributed by atoms with Gasteiger partial charge in [0.2, 0.25) is 5.89 Å². The normalized spacial score (nSPS) is 11.3. The Kier molecular flexibility index (Phi) is 4.53. The largest absolute Gasteiger partial charge is 0.338 e. The van der Waals surface area contributed by atoms with Gasteiger partial charge in [0.25, 0.3) is 5.56 Å². The highest BCUT2D eigenvalue weighted by atomic mass is 32.2. The number of H-pyrrole nitrogens is 1. The minimum absolute atomic E-state index is 0.225. The summed E-state index contributed by atoms with van der Waals surface area (Å²) in [6, 6.07) is 9.57. The quantitative estimate of drug-likeness (QED) is 0.412. The summed E-state index contributed by atoms with van der Waals surface area (Å²) in [5.74, 6) is 1.64. The van der Waals surface area contributed by atoms with Gasteiger partial charge in [-0.25, -0.2) is 9.67 Å². The molecule has 9 heteroatoms. The third-order valence-electron chi connectivity index (χ3n) is 3.73. The van der Waals surface area contributed by atoms with Crippen LogP contribution in [-0.4, -0.2) is 29.9 Å². The lowest BCUT2D eigenvalue weighted by molar-refractivity contribution is 0.384. The zero-order valence-electron chi connectivity index (χ0n) is 14.0. The van der Waals surface area contributed by atoms with E-state index in [-0.39, 0.29) is 5.56 Å². The van der Waals surface area contributed by atoms with Crippen molar-refractivity contribution < 1.29 is 4.52 Å². The number of hydrogen-bond donors (Lipinski definition) is 1. The summed E-state index contributed by atoms with van der Waals surface area (Å²) < 4.78 is 6.87. The van der Waals surface area contributed by atoms with Crippen LogP contribution in [0.15, 0.2) is 51.0 Å². The standard InChI is InChI=1S/C17H16N6O2S/c1-2-6-13-19-14(25-22-13)10-26-17-20-15-12(16(24)21-17)9-18-23(15)11-7-4-3-5-8-11/h3-5,7-9H,2,6,10H2,1H3,(H,20,21,24). The lowest BCUT2D eigenvalue weighted by Crippen LogP contribution is -2.09. The van der Waals surface area contributed by atoms with Crippen LogP contribution in [0, 0.1) is 0 Å². The number of para-hydroxylation sites is 1. The van der Waals surface area contributed by atoms with Gasteiger partial charge in [-0.3, -0.25) is 4.79 Å². The molecule has 132 valence electrons. The Balaban J connectivity index is 1.62. The first-order valence-electron chi connectivity index (χ1n) is 8.22. The van der Waals surface area contributed by atoms with Crippen molar-refractivity contribution in [1.82, 2.24) is 29.9 Å². The van der Waals surface area contributed by atoms with Crippen molar-refractivity contribution >= 4 is 22.8 Å². The fraction of sp³-hybridized carbons (Fsp3) is 0.235. The fourth-order valence-corrected chi connectivity index (χ4v) is 3.22. The van der Waals surface area contributed by atoms with Crippen LogP contribution in [-0.2, 0) is 12.2 Å². The predicted octanol–water partition coefficient (Wildman–Crippen LogP) is 2.74. The number of aromatic amines is 1. The Morgan fingerprint density at radius 2 is 2.08 bits per heavy atom. The fourth-order valence-electron chi connectivity index (χ4n) is 2.53. The van der Waals surface area contributed by atoms with E-state index in [1.807, 2.05) is 30.3 Å². The van der Waals surface area contributed by atoms with Crippen molar-refractivity contribution in [3.8, 4) is 5.69 Å². The highest BCUT2D eigenvalue weighted by Crippen LogP contribution is 2.20. The van der Waals surface area contributed by atoms with E-state index in [4.69, 9.17) is 4.52 Å². The number of thioether (sulfide) groups is 1. The van der Waals surface area contributed by atoms with Gasteiger partial charge in [0, 0.05) is 6.42 Å². The molecule has 0 atom stereocenters. The van der Waals surface area contributed by atoms with Gasteiger partial charge >= 0.3 is 0 Å². The molecule has 8 nitrogen and oxygen atoms in total. The van der Waals surface area contributed by atoms with Crippen molar-refractivity contribution in [3.05, 3.63) is 58.6 Å². The van der Waals surface area contributed by atoms with E-state index < -0.39 is 0 Å². The summed E-state index contributed by atoms with van der Waals surface area (Å²) in [6.07, 6.45) is 3.27. The number of rotatable bonds is 6. The Labute approximate surface area is 152 Å². The molecule has 4 aromatic rings. The lowest BCUT2D eigenvalue weighted by Gasteiger charge is -2.03. The number of aromatic nitrogens is 6. The molecular formula is C17H16N6O2S. The number of hydrogen-bond acceptors (Lipinski definition) is 7. The van der Waals surface area contributed by atoms with E-state index >= 15 is 0 Å². The highest BCUT2D eigenvalue weighted by Gasteiger charge is 2.13. The zero-order chi connectivity index (χ0) is 17.9. The van der Waals surface area contributed by atoms with Gasteiger partial charge < -0.3 is 9.51 Å². The van der Waals surface area contributed by atoms with Crippen molar-refractivity contribution in [2.75, 3.05) is 0 Å². The molecule has 0 aliphatic rings. The maximum atomic E-state index is 12.3. The van der Waals surface area contributed by atoms with Crippen molar-refractivity contribution in [2.45, 2.75) is 30.7 Å². The molecule has 0 unspecified atom stereocenters. The second kappa shape index (κ2) is 7.12. The molecule has 0 saturated carbocycles. The highest BCUT2D eigenvalue weighted by molar-refractivity contribution is 7.98. The number of benzene rings is 1. The number of nitrogens with one attached hydrogen (secondary N) is 1. The molecular weight excluding hydrogens is 352 g/mol. The third-order valence-corrected chi connectivity index (χ3v) is 4.59. The molecule has 0 spiro atoms. The maximum Gasteiger partial charge on any atom is 0.262 e. The van der Waals surface area contributed by atoms with Crippen LogP contribution in [0.1, 0.15) is 25.1 Å². The van der Waals surface area contributed by atoms with Crippen LogP contribution >= 0.6 is 11.8 Å². The van der Waals surface area contributed by atoms with E-state index in [9.17, 15) is 4.79 Å². The van der Waals surface area contributed by atoms with Gasteiger partial charge in [0.1, 0.15) is 5.39 Å². The predicted molar refractivity (Wildman–Crippen MR) is 97.3 cm³/mol. The Morgan fingerprint density at radius 1 is 1.23 bits per heavy atom. The Hall–Kier alpha value is -2.94. The summed E-state index contributed by atoms with van der Waals surface area (Å²) in [7, 11) is 0. The molecule has 0 amide bonds. The summed E-state index contributed by atoms with van der Waals surface area (Å²) in [6.45, 7) is 2.06. The summed E-state index contributed by atoms with van der Waals surface area (Å²) in [5, 5.41) is 9.15. The monoisotopic (exact) mass is 368 g/mol. The summed E-state index contributed by atoms with van der Waals surface area (Å²) >= 11 is 1.34. The second-order valence-electron chi connectivity index (χ2n) is 5.64. The van der Waals surface area contributed by atoms with Crippen molar-refractivity contribution in [1.29, 1.82) is 0 Å². The van der Waals surface area contributed by atoms with Crippen LogP contribution in [0.3, 0.4) is 0 Å². The minimum Gasteiger partial charge on any atom is -0.338 e. The van der Waals surface area contributed by atoms with Gasteiger partial charge in [0.05, 0.1) is 17.6 Å². The van der Waals surface area contributed by atoms with Crippen LogP contribution < -0.4 is 5.56 Å².